The molecule has 0 radical (unpaired) electrons. The Labute approximate surface area is 126 Å². The molecule has 0 bridgehead atoms. The van der Waals surface area contributed by atoms with Crippen LogP contribution in [0.15, 0.2) is 30.2 Å². The van der Waals surface area contributed by atoms with Gasteiger partial charge in [-0.2, -0.15) is 0 Å². The second kappa shape index (κ2) is 8.91. The zero-order chi connectivity index (χ0) is 15.7. The molecule has 1 heterocycles. The van der Waals surface area contributed by atoms with E-state index < -0.39 is 17.9 Å². The predicted octanol–water partition coefficient (Wildman–Crippen LogP) is 1.40. The highest BCUT2D eigenvalue weighted by atomic mass is 32.1. The van der Waals surface area contributed by atoms with Crippen molar-refractivity contribution in [1.82, 2.24) is 10.6 Å². The van der Waals surface area contributed by atoms with Crippen LogP contribution < -0.4 is 10.6 Å². The number of hydrogen-bond donors (Lipinski definition) is 3. The molecular weight excluding hydrogens is 292 g/mol. The summed E-state index contributed by atoms with van der Waals surface area (Å²) in [7, 11) is 0. The van der Waals surface area contributed by atoms with Gasteiger partial charge in [-0.25, -0.2) is 4.79 Å². The number of carboxylic acid groups (broad SMARTS) is 1. The van der Waals surface area contributed by atoms with Gasteiger partial charge in [-0.05, 0) is 24.3 Å². The Kier molecular flexibility index (Phi) is 7.17. The molecule has 21 heavy (non-hydrogen) atoms. The number of hydrogen-bond acceptors (Lipinski definition) is 4. The van der Waals surface area contributed by atoms with Gasteiger partial charge in [0.25, 0.3) is 5.91 Å². The van der Waals surface area contributed by atoms with Crippen molar-refractivity contribution < 1.29 is 19.5 Å². The number of carbonyl (C=O) groups excluding carboxylic acids is 2. The molecule has 6 nitrogen and oxygen atoms in total. The summed E-state index contributed by atoms with van der Waals surface area (Å²) >= 11 is 1.31. The second-order valence-electron chi connectivity index (χ2n) is 4.31. The average molecular weight is 310 g/mol. The van der Waals surface area contributed by atoms with E-state index in [0.29, 0.717) is 17.7 Å². The summed E-state index contributed by atoms with van der Waals surface area (Å²) in [4.78, 5) is 34.8. The number of amides is 2. The number of thiophene rings is 1. The molecule has 1 aromatic rings. The van der Waals surface area contributed by atoms with Crippen LogP contribution in [0.4, 0.5) is 0 Å². The minimum Gasteiger partial charge on any atom is -0.480 e. The lowest BCUT2D eigenvalue weighted by molar-refractivity contribution is -0.142. The van der Waals surface area contributed by atoms with Crippen molar-refractivity contribution in [3.63, 3.8) is 0 Å². The van der Waals surface area contributed by atoms with Crippen molar-refractivity contribution in [2.75, 3.05) is 6.54 Å². The van der Waals surface area contributed by atoms with E-state index in [1.54, 1.807) is 23.6 Å². The van der Waals surface area contributed by atoms with E-state index in [1.165, 1.54) is 11.3 Å². The Hall–Kier alpha value is -2.15. The molecular formula is C14H18N2O4S. The molecule has 2 amide bonds. The largest absolute Gasteiger partial charge is 0.480 e. The van der Waals surface area contributed by atoms with E-state index in [4.69, 9.17) is 5.11 Å². The number of carboxylic acids is 1. The SMILES string of the molecule is C=CCCC(NC(=O)CCNC(=O)c1cccs1)C(=O)O. The molecule has 0 aromatic carbocycles. The van der Waals surface area contributed by atoms with E-state index in [9.17, 15) is 14.4 Å². The fourth-order valence-electron chi connectivity index (χ4n) is 1.59. The van der Waals surface area contributed by atoms with Crippen LogP contribution in [0.25, 0.3) is 0 Å². The molecule has 1 atom stereocenters. The minimum atomic E-state index is -1.08. The van der Waals surface area contributed by atoms with Crippen LogP contribution in [-0.4, -0.2) is 35.5 Å². The van der Waals surface area contributed by atoms with E-state index in [0.717, 1.165) is 0 Å². The van der Waals surface area contributed by atoms with Crippen LogP contribution >= 0.6 is 11.3 Å². The lowest BCUT2D eigenvalue weighted by Gasteiger charge is -2.13. The van der Waals surface area contributed by atoms with Gasteiger partial charge in [0.1, 0.15) is 6.04 Å². The fraction of sp³-hybridized carbons (Fsp3) is 0.357. The standard InChI is InChI=1S/C14H18N2O4S/c1-2-3-5-10(14(19)20)16-12(17)7-8-15-13(18)11-6-4-9-21-11/h2,4,6,9-10H,1,3,5,7-8H2,(H,15,18)(H,16,17)(H,19,20). The molecule has 1 unspecified atom stereocenters. The summed E-state index contributed by atoms with van der Waals surface area (Å²) in [5.74, 6) is -1.72. The third-order valence-electron chi connectivity index (χ3n) is 2.68. The lowest BCUT2D eigenvalue weighted by Crippen LogP contribution is -2.41. The van der Waals surface area contributed by atoms with Crippen molar-refractivity contribution in [3.05, 3.63) is 35.0 Å². The van der Waals surface area contributed by atoms with Crippen molar-refractivity contribution in [2.24, 2.45) is 0 Å². The van der Waals surface area contributed by atoms with Gasteiger partial charge in [0.2, 0.25) is 5.91 Å². The molecule has 0 saturated heterocycles. The van der Waals surface area contributed by atoms with E-state index >= 15 is 0 Å². The number of carbonyl (C=O) groups is 3. The number of allylic oxidation sites excluding steroid dienone is 1. The van der Waals surface area contributed by atoms with Gasteiger partial charge < -0.3 is 15.7 Å². The smallest absolute Gasteiger partial charge is 0.326 e. The van der Waals surface area contributed by atoms with E-state index in [-0.39, 0.29) is 18.9 Å². The van der Waals surface area contributed by atoms with Crippen LogP contribution in [0.5, 0.6) is 0 Å². The maximum Gasteiger partial charge on any atom is 0.326 e. The molecule has 0 aliphatic rings. The molecule has 0 spiro atoms. The molecule has 0 aliphatic heterocycles. The van der Waals surface area contributed by atoms with E-state index in [2.05, 4.69) is 17.2 Å². The molecule has 0 saturated carbocycles. The Morgan fingerprint density at radius 1 is 1.43 bits per heavy atom. The Morgan fingerprint density at radius 3 is 2.76 bits per heavy atom. The van der Waals surface area contributed by atoms with Crippen molar-refractivity contribution in [3.8, 4) is 0 Å². The van der Waals surface area contributed by atoms with Crippen LogP contribution in [-0.2, 0) is 9.59 Å². The van der Waals surface area contributed by atoms with Gasteiger partial charge in [0.15, 0.2) is 0 Å². The maximum absolute atomic E-state index is 11.6. The van der Waals surface area contributed by atoms with E-state index in [1.807, 2.05) is 0 Å². The summed E-state index contributed by atoms with van der Waals surface area (Å²) in [6, 6.07) is 2.53. The Balaban J connectivity index is 2.30. The highest BCUT2D eigenvalue weighted by molar-refractivity contribution is 7.12. The highest BCUT2D eigenvalue weighted by Gasteiger charge is 2.18. The van der Waals surface area contributed by atoms with Crippen molar-refractivity contribution >= 4 is 29.1 Å². The van der Waals surface area contributed by atoms with Gasteiger partial charge in [-0.1, -0.05) is 12.1 Å². The summed E-state index contributed by atoms with van der Waals surface area (Å²) in [5, 5.41) is 15.8. The normalized spacial score (nSPS) is 11.4. The summed E-state index contributed by atoms with van der Waals surface area (Å²) in [6.07, 6.45) is 2.44. The Bertz CT molecular complexity index is 499. The topological polar surface area (TPSA) is 95.5 Å². The minimum absolute atomic E-state index is 0.0367. The number of aliphatic carboxylic acids is 1. The molecule has 1 rings (SSSR count). The van der Waals surface area contributed by atoms with Crippen LogP contribution in [0.2, 0.25) is 0 Å². The molecule has 114 valence electrons. The first-order valence-electron chi connectivity index (χ1n) is 6.49. The summed E-state index contributed by atoms with van der Waals surface area (Å²) in [5.41, 5.74) is 0. The molecule has 7 heteroatoms. The quantitative estimate of drug-likeness (QED) is 0.601. The first-order valence-corrected chi connectivity index (χ1v) is 7.37. The number of nitrogens with one attached hydrogen (secondary N) is 2. The second-order valence-corrected chi connectivity index (χ2v) is 5.26. The monoisotopic (exact) mass is 310 g/mol. The van der Waals surface area contributed by atoms with Crippen molar-refractivity contribution in [1.29, 1.82) is 0 Å². The van der Waals surface area contributed by atoms with Crippen LogP contribution in [0.3, 0.4) is 0 Å². The highest BCUT2D eigenvalue weighted by Crippen LogP contribution is 2.07. The predicted molar refractivity (Wildman–Crippen MR) is 80.3 cm³/mol. The molecule has 3 N–H and O–H groups in total. The molecule has 1 aromatic heterocycles. The zero-order valence-corrected chi connectivity index (χ0v) is 12.3. The van der Waals surface area contributed by atoms with Crippen LogP contribution in [0, 0.1) is 0 Å². The first kappa shape index (κ1) is 16.9. The van der Waals surface area contributed by atoms with Gasteiger partial charge >= 0.3 is 5.97 Å². The summed E-state index contributed by atoms with van der Waals surface area (Å²) < 4.78 is 0. The van der Waals surface area contributed by atoms with Gasteiger partial charge in [-0.3, -0.25) is 9.59 Å². The Morgan fingerprint density at radius 2 is 2.19 bits per heavy atom. The molecule has 0 fully saturated rings. The molecule has 0 aliphatic carbocycles. The van der Waals surface area contributed by atoms with Crippen LogP contribution in [0.1, 0.15) is 28.9 Å². The van der Waals surface area contributed by atoms with Gasteiger partial charge in [-0.15, -0.1) is 17.9 Å². The average Bonchev–Trinajstić information content (AvgIpc) is 2.97. The number of rotatable bonds is 9. The lowest BCUT2D eigenvalue weighted by atomic mass is 10.1. The fourth-order valence-corrected chi connectivity index (χ4v) is 2.23. The zero-order valence-electron chi connectivity index (χ0n) is 11.5. The van der Waals surface area contributed by atoms with Gasteiger partial charge in [0.05, 0.1) is 4.88 Å². The van der Waals surface area contributed by atoms with Gasteiger partial charge in [0, 0.05) is 13.0 Å². The summed E-state index contributed by atoms with van der Waals surface area (Å²) in [6.45, 7) is 3.68. The first-order chi connectivity index (χ1) is 10.0. The maximum atomic E-state index is 11.6. The third-order valence-corrected chi connectivity index (χ3v) is 3.54. The van der Waals surface area contributed by atoms with Crippen molar-refractivity contribution in [2.45, 2.75) is 25.3 Å². The third kappa shape index (κ3) is 6.22.